The maximum atomic E-state index is 6.12. The summed E-state index contributed by atoms with van der Waals surface area (Å²) in [5, 5.41) is 3.78. The van der Waals surface area contributed by atoms with E-state index < -0.39 is 0 Å². The molecule has 1 N–H and O–H groups in total. The van der Waals surface area contributed by atoms with Crippen molar-refractivity contribution in [3.8, 4) is 5.75 Å². The van der Waals surface area contributed by atoms with E-state index in [2.05, 4.69) is 12.2 Å². The molecule has 18 heavy (non-hydrogen) atoms. The second-order valence-electron chi connectivity index (χ2n) is 3.78. The molecule has 0 aliphatic carbocycles. The average Bonchev–Trinajstić information content (AvgIpc) is 2.39. The first kappa shape index (κ1) is 15.1. The fourth-order valence-corrected chi connectivity index (χ4v) is 1.64. The van der Waals surface area contributed by atoms with Crippen LogP contribution in [0.5, 0.6) is 5.75 Å². The van der Waals surface area contributed by atoms with Gasteiger partial charge in [0.15, 0.2) is 6.29 Å². The minimum Gasteiger partial charge on any atom is -0.492 e. The maximum absolute atomic E-state index is 6.12. The molecule has 0 aromatic heterocycles. The van der Waals surface area contributed by atoms with Crippen molar-refractivity contribution in [2.24, 2.45) is 0 Å². The molecule has 0 radical (unpaired) electrons. The summed E-state index contributed by atoms with van der Waals surface area (Å²) in [5.74, 6) is 0.707. The summed E-state index contributed by atoms with van der Waals surface area (Å²) >= 11 is 6.12. The summed E-state index contributed by atoms with van der Waals surface area (Å²) in [7, 11) is 3.20. The normalized spacial score (nSPS) is 10.7. The van der Waals surface area contributed by atoms with Crippen molar-refractivity contribution in [3.05, 3.63) is 23.2 Å². The van der Waals surface area contributed by atoms with Crippen LogP contribution in [0.3, 0.4) is 0 Å². The van der Waals surface area contributed by atoms with Crippen LogP contribution in [0.2, 0.25) is 5.02 Å². The quantitative estimate of drug-likeness (QED) is 0.739. The van der Waals surface area contributed by atoms with Gasteiger partial charge < -0.3 is 19.5 Å². The predicted molar refractivity (Wildman–Crippen MR) is 73.5 cm³/mol. The standard InChI is InChI=1S/C13H20ClNO3/c1-4-7-18-12-6-5-10(8-11(12)14)15-9-13(16-2)17-3/h5-6,8,13,15H,4,7,9H2,1-3H3. The number of rotatable bonds is 8. The summed E-state index contributed by atoms with van der Waals surface area (Å²) < 4.78 is 15.7. The molecular weight excluding hydrogens is 254 g/mol. The number of anilines is 1. The first-order valence-electron chi connectivity index (χ1n) is 5.93. The van der Waals surface area contributed by atoms with Gasteiger partial charge in [-0.25, -0.2) is 0 Å². The zero-order valence-corrected chi connectivity index (χ0v) is 11.8. The van der Waals surface area contributed by atoms with Crippen LogP contribution in [0, 0.1) is 0 Å². The van der Waals surface area contributed by atoms with Crippen LogP contribution in [-0.4, -0.2) is 33.7 Å². The lowest BCUT2D eigenvalue weighted by Gasteiger charge is -2.15. The molecule has 102 valence electrons. The molecule has 0 aliphatic rings. The van der Waals surface area contributed by atoms with E-state index in [0.29, 0.717) is 23.9 Å². The average molecular weight is 274 g/mol. The number of nitrogens with one attached hydrogen (secondary N) is 1. The third kappa shape index (κ3) is 4.72. The highest BCUT2D eigenvalue weighted by atomic mass is 35.5. The molecular formula is C13H20ClNO3. The molecule has 0 spiro atoms. The van der Waals surface area contributed by atoms with E-state index in [4.69, 9.17) is 25.8 Å². The van der Waals surface area contributed by atoms with Gasteiger partial charge in [0.2, 0.25) is 0 Å². The molecule has 0 heterocycles. The summed E-state index contributed by atoms with van der Waals surface area (Å²) in [5.41, 5.74) is 0.906. The van der Waals surface area contributed by atoms with Crippen LogP contribution in [0.15, 0.2) is 18.2 Å². The summed E-state index contributed by atoms with van der Waals surface area (Å²) in [6.45, 7) is 3.28. The number of methoxy groups -OCH3 is 2. The van der Waals surface area contributed by atoms with Crippen LogP contribution >= 0.6 is 11.6 Å². The molecule has 0 bridgehead atoms. The second-order valence-corrected chi connectivity index (χ2v) is 4.18. The third-order valence-electron chi connectivity index (χ3n) is 2.39. The van der Waals surface area contributed by atoms with Crippen molar-refractivity contribution in [1.82, 2.24) is 0 Å². The van der Waals surface area contributed by atoms with Crippen molar-refractivity contribution < 1.29 is 14.2 Å². The lowest BCUT2D eigenvalue weighted by Crippen LogP contribution is -2.23. The van der Waals surface area contributed by atoms with Crippen LogP contribution < -0.4 is 10.1 Å². The SMILES string of the molecule is CCCOc1ccc(NCC(OC)OC)cc1Cl. The van der Waals surface area contributed by atoms with Gasteiger partial charge in [0.25, 0.3) is 0 Å². The molecule has 0 saturated carbocycles. The van der Waals surface area contributed by atoms with E-state index in [1.165, 1.54) is 0 Å². The van der Waals surface area contributed by atoms with Crippen molar-refractivity contribution in [3.63, 3.8) is 0 Å². The van der Waals surface area contributed by atoms with Gasteiger partial charge in [0.05, 0.1) is 18.2 Å². The third-order valence-corrected chi connectivity index (χ3v) is 2.69. The Balaban J connectivity index is 2.55. The number of hydrogen-bond acceptors (Lipinski definition) is 4. The minimum absolute atomic E-state index is 0.278. The highest BCUT2D eigenvalue weighted by Crippen LogP contribution is 2.27. The van der Waals surface area contributed by atoms with Gasteiger partial charge in [-0.15, -0.1) is 0 Å². The lowest BCUT2D eigenvalue weighted by molar-refractivity contribution is -0.0914. The van der Waals surface area contributed by atoms with E-state index in [1.807, 2.05) is 18.2 Å². The number of ether oxygens (including phenoxy) is 3. The first-order valence-corrected chi connectivity index (χ1v) is 6.30. The molecule has 1 rings (SSSR count). The van der Waals surface area contributed by atoms with E-state index >= 15 is 0 Å². The molecule has 0 amide bonds. The van der Waals surface area contributed by atoms with E-state index in [-0.39, 0.29) is 6.29 Å². The van der Waals surface area contributed by atoms with Crippen LogP contribution in [0.4, 0.5) is 5.69 Å². The van der Waals surface area contributed by atoms with E-state index in [1.54, 1.807) is 14.2 Å². The largest absolute Gasteiger partial charge is 0.492 e. The number of hydrogen-bond donors (Lipinski definition) is 1. The Bertz CT molecular complexity index is 356. The Hall–Kier alpha value is -0.970. The second kappa shape index (κ2) is 8.19. The monoisotopic (exact) mass is 273 g/mol. The van der Waals surface area contributed by atoms with Gasteiger partial charge in [-0.2, -0.15) is 0 Å². The maximum Gasteiger partial charge on any atom is 0.173 e. The minimum atomic E-state index is -0.278. The van der Waals surface area contributed by atoms with Gasteiger partial charge in [-0.1, -0.05) is 18.5 Å². The molecule has 1 aromatic rings. The van der Waals surface area contributed by atoms with E-state index in [9.17, 15) is 0 Å². The molecule has 0 aliphatic heterocycles. The number of halogens is 1. The van der Waals surface area contributed by atoms with Crippen molar-refractivity contribution in [2.75, 3.05) is 32.7 Å². The van der Waals surface area contributed by atoms with E-state index in [0.717, 1.165) is 12.1 Å². The Kier molecular flexibility index (Phi) is 6.86. The molecule has 1 aromatic carbocycles. The van der Waals surface area contributed by atoms with Crippen molar-refractivity contribution >= 4 is 17.3 Å². The number of benzene rings is 1. The smallest absolute Gasteiger partial charge is 0.173 e. The molecule has 0 atom stereocenters. The Morgan fingerprint density at radius 3 is 2.56 bits per heavy atom. The summed E-state index contributed by atoms with van der Waals surface area (Å²) in [6.07, 6.45) is 0.680. The van der Waals surface area contributed by atoms with Crippen LogP contribution in [0.25, 0.3) is 0 Å². The van der Waals surface area contributed by atoms with Crippen LogP contribution in [-0.2, 0) is 9.47 Å². The Labute approximate surface area is 113 Å². The fraction of sp³-hybridized carbons (Fsp3) is 0.538. The predicted octanol–water partition coefficient (Wildman–Crippen LogP) is 3.16. The zero-order chi connectivity index (χ0) is 13.4. The van der Waals surface area contributed by atoms with Gasteiger partial charge in [-0.3, -0.25) is 0 Å². The molecule has 4 nitrogen and oxygen atoms in total. The first-order chi connectivity index (χ1) is 8.71. The highest BCUT2D eigenvalue weighted by Gasteiger charge is 2.06. The highest BCUT2D eigenvalue weighted by molar-refractivity contribution is 6.32. The van der Waals surface area contributed by atoms with Gasteiger partial charge in [0.1, 0.15) is 5.75 Å². The summed E-state index contributed by atoms with van der Waals surface area (Å²) in [6, 6.07) is 5.60. The molecule has 0 saturated heterocycles. The summed E-state index contributed by atoms with van der Waals surface area (Å²) in [4.78, 5) is 0. The van der Waals surface area contributed by atoms with Gasteiger partial charge in [-0.05, 0) is 24.6 Å². The topological polar surface area (TPSA) is 39.7 Å². The Morgan fingerprint density at radius 2 is 2.00 bits per heavy atom. The lowest BCUT2D eigenvalue weighted by atomic mass is 10.3. The van der Waals surface area contributed by atoms with Gasteiger partial charge >= 0.3 is 0 Å². The van der Waals surface area contributed by atoms with Gasteiger partial charge in [0, 0.05) is 19.9 Å². The molecule has 0 fully saturated rings. The fourth-order valence-electron chi connectivity index (χ4n) is 1.40. The van der Waals surface area contributed by atoms with Crippen molar-refractivity contribution in [1.29, 1.82) is 0 Å². The molecule has 0 unspecified atom stereocenters. The Morgan fingerprint density at radius 1 is 1.28 bits per heavy atom. The zero-order valence-electron chi connectivity index (χ0n) is 11.0. The van der Waals surface area contributed by atoms with Crippen LogP contribution in [0.1, 0.15) is 13.3 Å². The molecule has 5 heteroatoms. The van der Waals surface area contributed by atoms with Crippen molar-refractivity contribution in [2.45, 2.75) is 19.6 Å².